The molecule has 0 saturated heterocycles. The van der Waals surface area contributed by atoms with Gasteiger partial charge in [0.05, 0.1) is 8.95 Å². The van der Waals surface area contributed by atoms with E-state index >= 15 is 0 Å². The van der Waals surface area contributed by atoms with Crippen LogP contribution in [0.5, 0.6) is 0 Å². The fourth-order valence-corrected chi connectivity index (χ4v) is 4.08. The molecule has 0 unspecified atom stereocenters. The number of hydrogen-bond donors (Lipinski definition) is 0. The van der Waals surface area contributed by atoms with Crippen LogP contribution in [0, 0.1) is 22.9 Å². The van der Waals surface area contributed by atoms with Crippen LogP contribution in [0.4, 0.5) is 0 Å². The molecule has 0 aliphatic carbocycles. The van der Waals surface area contributed by atoms with E-state index < -0.39 is 16.1 Å². The van der Waals surface area contributed by atoms with Crippen molar-refractivity contribution in [3.05, 3.63) is 20.7 Å². The Morgan fingerprint density at radius 2 is 1.04 bits per heavy atom. The number of fused-ring (bicyclic) bond motifs is 2. The molecule has 3 aromatic rings. The van der Waals surface area contributed by atoms with E-state index in [1.807, 2.05) is 0 Å². The number of aromatic nitrogens is 2. The lowest BCUT2D eigenvalue weighted by atomic mass is 10.3. The highest BCUT2D eigenvalue weighted by Crippen LogP contribution is 2.39. The van der Waals surface area contributed by atoms with Gasteiger partial charge in [-0.15, -0.1) is 11.1 Å². The van der Waals surface area contributed by atoms with Crippen LogP contribution in [0.15, 0.2) is 17.8 Å². The fourth-order valence-electron chi connectivity index (χ4n) is 2.04. The molecule has 0 atom stereocenters. The van der Waals surface area contributed by atoms with Crippen molar-refractivity contribution in [2.45, 2.75) is 39.3 Å². The average molecular weight is 510 g/mol. The Hall–Kier alpha value is -1.33. The highest BCUT2D eigenvalue weighted by atomic mass is 79.9. The third-order valence-electron chi connectivity index (χ3n) is 3.16. The van der Waals surface area contributed by atoms with Gasteiger partial charge in [0.25, 0.3) is 11.8 Å². The van der Waals surface area contributed by atoms with E-state index in [9.17, 15) is 0 Å². The first kappa shape index (κ1) is 19.4. The number of rotatable bonds is 0. The second-order valence-corrected chi connectivity index (χ2v) is 19.1. The van der Waals surface area contributed by atoms with Crippen LogP contribution in [0.25, 0.3) is 22.2 Å². The Balaban J connectivity index is 2.18. The standard InChI is InChI=1S/C18H18Br2N2O2Si2/c1-25(2,3)9-7-11-21-15-13(19)18-16(14(20)17(15)23-11)22-12(24-18)8-10-26(4,5)6/h1-6H3. The number of benzene rings is 1. The van der Waals surface area contributed by atoms with Gasteiger partial charge in [0.2, 0.25) is 0 Å². The van der Waals surface area contributed by atoms with Crippen molar-refractivity contribution >= 4 is 70.2 Å². The van der Waals surface area contributed by atoms with E-state index in [0.717, 1.165) is 0 Å². The minimum absolute atomic E-state index is 0.398. The van der Waals surface area contributed by atoms with E-state index in [0.29, 0.717) is 42.9 Å². The molecule has 3 rings (SSSR count). The maximum Gasteiger partial charge on any atom is 0.273 e. The number of hydrogen-bond acceptors (Lipinski definition) is 4. The second kappa shape index (κ2) is 6.68. The molecule has 134 valence electrons. The number of halogens is 2. The molecule has 2 aromatic heterocycles. The Morgan fingerprint density at radius 3 is 1.35 bits per heavy atom. The van der Waals surface area contributed by atoms with Crippen LogP contribution in [0.2, 0.25) is 39.3 Å². The summed E-state index contributed by atoms with van der Waals surface area (Å²) >= 11 is 7.14. The third kappa shape index (κ3) is 4.15. The van der Waals surface area contributed by atoms with Gasteiger partial charge < -0.3 is 8.83 Å². The van der Waals surface area contributed by atoms with E-state index in [2.05, 4.69) is 104 Å². The largest absolute Gasteiger partial charge is 0.429 e. The summed E-state index contributed by atoms with van der Waals surface area (Å²) in [6.45, 7) is 13.1. The zero-order chi connectivity index (χ0) is 19.3. The van der Waals surface area contributed by atoms with Crippen molar-refractivity contribution in [1.82, 2.24) is 9.97 Å². The molecular weight excluding hydrogens is 492 g/mol. The topological polar surface area (TPSA) is 52.1 Å². The van der Waals surface area contributed by atoms with Crippen LogP contribution < -0.4 is 0 Å². The first-order chi connectivity index (χ1) is 11.9. The molecule has 0 fully saturated rings. The summed E-state index contributed by atoms with van der Waals surface area (Å²) in [6.07, 6.45) is 0. The average Bonchev–Trinajstić information content (AvgIpc) is 3.12. The normalized spacial score (nSPS) is 12.0. The molecule has 0 aliphatic heterocycles. The van der Waals surface area contributed by atoms with Crippen molar-refractivity contribution in [2.24, 2.45) is 0 Å². The lowest BCUT2D eigenvalue weighted by Gasteiger charge is -2.01. The number of nitrogens with zero attached hydrogens (tertiary/aromatic N) is 2. The van der Waals surface area contributed by atoms with Crippen molar-refractivity contribution in [1.29, 1.82) is 0 Å². The van der Waals surface area contributed by atoms with Crippen molar-refractivity contribution in [2.75, 3.05) is 0 Å². The lowest BCUT2D eigenvalue weighted by Crippen LogP contribution is -2.16. The Bertz CT molecular complexity index is 999. The zero-order valence-corrected chi connectivity index (χ0v) is 20.6. The van der Waals surface area contributed by atoms with Crippen LogP contribution in [0.1, 0.15) is 11.8 Å². The summed E-state index contributed by atoms with van der Waals surface area (Å²) in [4.78, 5) is 9.02. The molecule has 0 bridgehead atoms. The second-order valence-electron chi connectivity index (χ2n) is 8.02. The first-order valence-electron chi connectivity index (χ1n) is 8.09. The lowest BCUT2D eigenvalue weighted by molar-refractivity contribution is 0.583. The highest BCUT2D eigenvalue weighted by Gasteiger charge is 2.21. The molecule has 4 nitrogen and oxygen atoms in total. The molecule has 26 heavy (non-hydrogen) atoms. The quantitative estimate of drug-likeness (QED) is 0.277. The van der Waals surface area contributed by atoms with E-state index in [1.165, 1.54) is 0 Å². The van der Waals surface area contributed by atoms with Crippen molar-refractivity contribution < 1.29 is 8.83 Å². The smallest absolute Gasteiger partial charge is 0.273 e. The van der Waals surface area contributed by atoms with Crippen molar-refractivity contribution in [3.63, 3.8) is 0 Å². The first-order valence-corrected chi connectivity index (χ1v) is 16.7. The van der Waals surface area contributed by atoms with Gasteiger partial charge in [-0.2, -0.15) is 0 Å². The molecule has 2 heterocycles. The Morgan fingerprint density at radius 1 is 0.692 bits per heavy atom. The Labute approximate surface area is 171 Å². The van der Waals surface area contributed by atoms with Gasteiger partial charge in [0, 0.05) is 0 Å². The Kier molecular flexibility index (Phi) is 5.00. The van der Waals surface area contributed by atoms with Gasteiger partial charge >= 0.3 is 0 Å². The monoisotopic (exact) mass is 508 g/mol. The maximum atomic E-state index is 5.86. The molecule has 0 amide bonds. The number of oxazole rings is 2. The van der Waals surface area contributed by atoms with Gasteiger partial charge in [-0.05, 0) is 43.7 Å². The molecule has 0 saturated carbocycles. The highest BCUT2D eigenvalue weighted by molar-refractivity contribution is 9.11. The van der Waals surface area contributed by atoms with Crippen LogP contribution in [-0.4, -0.2) is 26.1 Å². The van der Waals surface area contributed by atoms with Crippen LogP contribution in [-0.2, 0) is 0 Å². The van der Waals surface area contributed by atoms with Crippen LogP contribution >= 0.6 is 31.9 Å². The molecule has 0 aliphatic rings. The van der Waals surface area contributed by atoms with Gasteiger partial charge in [-0.25, -0.2) is 9.97 Å². The van der Waals surface area contributed by atoms with Gasteiger partial charge in [-0.3, -0.25) is 0 Å². The molecule has 0 N–H and O–H groups in total. The predicted octanol–water partition coefficient (Wildman–Crippen LogP) is 5.95. The van der Waals surface area contributed by atoms with E-state index in [4.69, 9.17) is 8.83 Å². The molecule has 1 aromatic carbocycles. The molecule has 0 radical (unpaired) electrons. The summed E-state index contributed by atoms with van der Waals surface area (Å²) in [5.41, 5.74) is 9.04. The zero-order valence-electron chi connectivity index (χ0n) is 15.5. The molecule has 0 spiro atoms. The third-order valence-corrected chi connectivity index (χ3v) is 6.38. The summed E-state index contributed by atoms with van der Waals surface area (Å²) < 4.78 is 13.1. The van der Waals surface area contributed by atoms with Gasteiger partial charge in [0.1, 0.15) is 27.2 Å². The van der Waals surface area contributed by atoms with Crippen molar-refractivity contribution in [3.8, 4) is 22.9 Å². The summed E-state index contributed by atoms with van der Waals surface area (Å²) in [5, 5.41) is 0. The van der Waals surface area contributed by atoms with E-state index in [-0.39, 0.29) is 0 Å². The summed E-state index contributed by atoms with van der Waals surface area (Å²) in [5.74, 6) is 6.89. The van der Waals surface area contributed by atoms with Gasteiger partial charge in [-0.1, -0.05) is 39.3 Å². The van der Waals surface area contributed by atoms with Crippen LogP contribution in [0.3, 0.4) is 0 Å². The van der Waals surface area contributed by atoms with Gasteiger partial charge in [0.15, 0.2) is 11.2 Å². The predicted molar refractivity (Wildman–Crippen MR) is 117 cm³/mol. The summed E-state index contributed by atoms with van der Waals surface area (Å²) in [6, 6.07) is 0. The summed E-state index contributed by atoms with van der Waals surface area (Å²) in [7, 11) is -3.02. The molecule has 8 heteroatoms. The van der Waals surface area contributed by atoms with E-state index in [1.54, 1.807) is 0 Å². The maximum absolute atomic E-state index is 5.86. The minimum atomic E-state index is -1.51. The SMILES string of the molecule is C[Si](C)(C)C#Cc1nc2c(Br)c3oc(C#C[Si](C)(C)C)nc3c(Br)c2o1. The fraction of sp³-hybridized carbons (Fsp3) is 0.333. The molecular formula is C18H18Br2N2O2Si2. The minimum Gasteiger partial charge on any atom is -0.429 e.